The second-order valence-corrected chi connectivity index (χ2v) is 6.56. The minimum absolute atomic E-state index is 0.253. The molecule has 1 aromatic heterocycles. The van der Waals surface area contributed by atoms with Crippen molar-refractivity contribution in [3.05, 3.63) is 22.4 Å². The minimum atomic E-state index is -0.253. The van der Waals surface area contributed by atoms with Crippen LogP contribution in [0.5, 0.6) is 5.75 Å². The van der Waals surface area contributed by atoms with Gasteiger partial charge in [0.2, 0.25) is 0 Å². The van der Waals surface area contributed by atoms with Gasteiger partial charge in [-0.05, 0) is 43.4 Å². The first-order valence-corrected chi connectivity index (χ1v) is 7.32. The summed E-state index contributed by atoms with van der Waals surface area (Å²) in [7, 11) is 0. The summed E-state index contributed by atoms with van der Waals surface area (Å²) in [6.07, 6.45) is 2.12. The quantitative estimate of drug-likeness (QED) is 0.653. The lowest BCUT2D eigenvalue weighted by Gasteiger charge is -2.28. The average Bonchev–Trinajstić information content (AvgIpc) is 2.59. The van der Waals surface area contributed by atoms with Gasteiger partial charge in [-0.2, -0.15) is 0 Å². The molecule has 0 aliphatic carbocycles. The monoisotopic (exact) mass is 260 g/mol. The highest BCUT2D eigenvalue weighted by atomic mass is 32.2. The van der Waals surface area contributed by atoms with Gasteiger partial charge in [-0.15, -0.1) is 23.1 Å². The van der Waals surface area contributed by atoms with E-state index in [1.807, 2.05) is 25.3 Å². The summed E-state index contributed by atoms with van der Waals surface area (Å²) in [5, 5.41) is 2.69. The molecule has 2 rings (SSSR count). The third-order valence-electron chi connectivity index (χ3n) is 1.97. The second kappa shape index (κ2) is 4.41. The van der Waals surface area contributed by atoms with Crippen molar-refractivity contribution >= 4 is 40.0 Å². The van der Waals surface area contributed by atoms with Crippen LogP contribution in [0.15, 0.2) is 17.5 Å². The standard InChI is InChI=1S/C10H12O2S3/c1-10(2)5-8(14-6-15-11)9-7(12-10)3-4-13-9/h3-5,11H,6H2,1-2H3. The van der Waals surface area contributed by atoms with Crippen LogP contribution in [0.1, 0.15) is 18.7 Å². The van der Waals surface area contributed by atoms with Gasteiger partial charge >= 0.3 is 0 Å². The molecule has 0 saturated heterocycles. The molecule has 5 heteroatoms. The van der Waals surface area contributed by atoms with Crippen molar-refractivity contribution in [1.82, 2.24) is 0 Å². The van der Waals surface area contributed by atoms with E-state index in [4.69, 9.17) is 9.29 Å². The zero-order valence-corrected chi connectivity index (χ0v) is 11.0. The van der Waals surface area contributed by atoms with Gasteiger partial charge in [0.25, 0.3) is 0 Å². The molecule has 0 atom stereocenters. The first-order valence-electron chi connectivity index (χ1n) is 4.51. The number of rotatable bonds is 3. The van der Waals surface area contributed by atoms with Crippen molar-refractivity contribution < 1.29 is 9.29 Å². The Morgan fingerprint density at radius 2 is 2.33 bits per heavy atom. The summed E-state index contributed by atoms with van der Waals surface area (Å²) in [4.78, 5) is 2.38. The number of thiophene rings is 1. The molecule has 0 saturated carbocycles. The molecule has 0 amide bonds. The zero-order valence-electron chi connectivity index (χ0n) is 8.52. The Balaban J connectivity index is 2.29. The lowest BCUT2D eigenvalue weighted by atomic mass is 10.1. The Kier molecular flexibility index (Phi) is 3.35. The summed E-state index contributed by atoms with van der Waals surface area (Å²) in [6, 6.07) is 2.00. The first-order chi connectivity index (χ1) is 7.12. The first kappa shape index (κ1) is 11.4. The van der Waals surface area contributed by atoms with Gasteiger partial charge in [0.15, 0.2) is 0 Å². The Morgan fingerprint density at radius 1 is 1.53 bits per heavy atom. The molecule has 0 unspecified atom stereocenters. The van der Waals surface area contributed by atoms with Gasteiger partial charge < -0.3 is 9.29 Å². The molecule has 2 nitrogen and oxygen atoms in total. The fourth-order valence-electron chi connectivity index (χ4n) is 1.45. The number of thioether (sulfide) groups is 1. The maximum absolute atomic E-state index is 8.77. The predicted octanol–water partition coefficient (Wildman–Crippen LogP) is 4.16. The van der Waals surface area contributed by atoms with E-state index in [9.17, 15) is 0 Å². The minimum Gasteiger partial charge on any atom is -0.482 e. The highest BCUT2D eigenvalue weighted by Crippen LogP contribution is 2.45. The smallest absolute Gasteiger partial charge is 0.139 e. The van der Waals surface area contributed by atoms with Crippen LogP contribution in [0.4, 0.5) is 0 Å². The molecule has 1 aliphatic rings. The van der Waals surface area contributed by atoms with Crippen molar-refractivity contribution in [2.75, 3.05) is 5.08 Å². The summed E-state index contributed by atoms with van der Waals surface area (Å²) >= 11 is 4.19. The fourth-order valence-corrected chi connectivity index (χ4v) is 3.82. The largest absolute Gasteiger partial charge is 0.482 e. The highest BCUT2D eigenvalue weighted by Gasteiger charge is 2.27. The van der Waals surface area contributed by atoms with Crippen LogP contribution in [0.2, 0.25) is 0 Å². The number of ether oxygens (including phenoxy) is 1. The second-order valence-electron chi connectivity index (χ2n) is 3.72. The van der Waals surface area contributed by atoms with E-state index < -0.39 is 0 Å². The maximum atomic E-state index is 8.77. The average molecular weight is 260 g/mol. The van der Waals surface area contributed by atoms with Crippen LogP contribution in [0, 0.1) is 0 Å². The van der Waals surface area contributed by atoms with Crippen molar-refractivity contribution in [2.45, 2.75) is 19.4 Å². The van der Waals surface area contributed by atoms with Crippen LogP contribution in [0.25, 0.3) is 4.91 Å². The molecule has 1 N–H and O–H groups in total. The van der Waals surface area contributed by atoms with E-state index in [0.717, 1.165) is 17.8 Å². The number of hydrogen-bond acceptors (Lipinski definition) is 5. The molecule has 1 aliphatic heterocycles. The zero-order chi connectivity index (χ0) is 10.9. The molecule has 0 spiro atoms. The molecule has 1 aromatic rings. The summed E-state index contributed by atoms with van der Waals surface area (Å²) < 4.78 is 14.6. The summed E-state index contributed by atoms with van der Waals surface area (Å²) in [5.74, 6) is 0.956. The van der Waals surface area contributed by atoms with E-state index in [2.05, 4.69) is 6.08 Å². The molecular weight excluding hydrogens is 248 g/mol. The Labute approximate surface area is 102 Å². The lowest BCUT2D eigenvalue weighted by molar-refractivity contribution is 0.160. The van der Waals surface area contributed by atoms with Crippen LogP contribution in [0.3, 0.4) is 0 Å². The maximum Gasteiger partial charge on any atom is 0.139 e. The van der Waals surface area contributed by atoms with E-state index in [0.29, 0.717) is 5.08 Å². The molecule has 15 heavy (non-hydrogen) atoms. The van der Waals surface area contributed by atoms with Gasteiger partial charge in [-0.1, -0.05) is 0 Å². The SMILES string of the molecule is CC1(C)C=C(SCSO)c2sccc2O1. The third-order valence-corrected chi connectivity index (χ3v) is 4.56. The van der Waals surface area contributed by atoms with E-state index in [1.54, 1.807) is 23.1 Å². The molecule has 0 aromatic carbocycles. The van der Waals surface area contributed by atoms with Crippen molar-refractivity contribution in [1.29, 1.82) is 0 Å². The summed E-state index contributed by atoms with van der Waals surface area (Å²) in [5.41, 5.74) is -0.253. The van der Waals surface area contributed by atoms with E-state index >= 15 is 0 Å². The van der Waals surface area contributed by atoms with Crippen molar-refractivity contribution in [3.8, 4) is 5.75 Å². The molecule has 0 fully saturated rings. The lowest BCUT2D eigenvalue weighted by Crippen LogP contribution is -2.27. The van der Waals surface area contributed by atoms with Crippen LogP contribution in [-0.4, -0.2) is 15.2 Å². The van der Waals surface area contributed by atoms with Gasteiger partial charge in [0.1, 0.15) is 11.4 Å². The van der Waals surface area contributed by atoms with Gasteiger partial charge in [-0.25, -0.2) is 0 Å². The Morgan fingerprint density at radius 3 is 3.07 bits per heavy atom. The third kappa shape index (κ3) is 2.53. The Bertz CT molecular complexity index is 382. The fraction of sp³-hybridized carbons (Fsp3) is 0.400. The Hall–Kier alpha value is -0.100. The predicted molar refractivity (Wildman–Crippen MR) is 69.7 cm³/mol. The van der Waals surface area contributed by atoms with Crippen LogP contribution < -0.4 is 4.74 Å². The molecule has 2 heterocycles. The van der Waals surface area contributed by atoms with Gasteiger partial charge in [-0.3, -0.25) is 0 Å². The van der Waals surface area contributed by atoms with Crippen molar-refractivity contribution in [3.63, 3.8) is 0 Å². The summed E-state index contributed by atoms with van der Waals surface area (Å²) in [6.45, 7) is 4.08. The van der Waals surface area contributed by atoms with Crippen LogP contribution >= 0.6 is 35.1 Å². The topological polar surface area (TPSA) is 29.5 Å². The normalized spacial score (nSPS) is 17.9. The van der Waals surface area contributed by atoms with E-state index in [-0.39, 0.29) is 5.60 Å². The highest BCUT2D eigenvalue weighted by molar-refractivity contribution is 8.19. The molecule has 0 bridgehead atoms. The van der Waals surface area contributed by atoms with Gasteiger partial charge in [0, 0.05) is 4.91 Å². The molecular formula is C10H12O2S3. The van der Waals surface area contributed by atoms with E-state index in [1.165, 1.54) is 9.78 Å². The van der Waals surface area contributed by atoms with Crippen LogP contribution in [-0.2, 0) is 0 Å². The van der Waals surface area contributed by atoms with Crippen molar-refractivity contribution in [2.24, 2.45) is 0 Å². The molecule has 82 valence electrons. The van der Waals surface area contributed by atoms with Gasteiger partial charge in [0.05, 0.1) is 9.96 Å². The number of hydrogen-bond donors (Lipinski definition) is 1. The molecule has 0 radical (unpaired) electrons. The number of fused-ring (bicyclic) bond motifs is 1.